The first-order valence-electron chi connectivity index (χ1n) is 13.1. The molecule has 40 heavy (non-hydrogen) atoms. The van der Waals surface area contributed by atoms with Gasteiger partial charge in [-0.2, -0.15) is 4.98 Å². The molecule has 4 heterocycles. The number of nitrogens with zero attached hydrogens (tertiary/aromatic N) is 5. The van der Waals surface area contributed by atoms with Crippen molar-refractivity contribution in [2.75, 3.05) is 62.1 Å². The standard InChI is InChI=1S/C27H33N7O6/c1-17-15-38-14-11-34(17)25-30-22(18-5-7-19(8-6-18)28-26(36)29-20-9-12-39-32-20)21-23(31-25)40-27(2,3)16-33(24(21)35)10-13-37-4/h5-9,12,17H,10-11,13-16H2,1-4H3,(H2,28,29,32,36)/t17-/m0/s1. The van der Waals surface area contributed by atoms with E-state index in [9.17, 15) is 9.59 Å². The summed E-state index contributed by atoms with van der Waals surface area (Å²) in [5, 5.41) is 8.99. The first-order valence-corrected chi connectivity index (χ1v) is 13.1. The summed E-state index contributed by atoms with van der Waals surface area (Å²) in [5.74, 6) is 0.765. The molecule has 0 saturated carbocycles. The van der Waals surface area contributed by atoms with Gasteiger partial charge in [-0.25, -0.2) is 9.78 Å². The lowest BCUT2D eigenvalue weighted by Crippen LogP contribution is -2.44. The van der Waals surface area contributed by atoms with Crippen molar-refractivity contribution in [3.8, 4) is 17.1 Å². The minimum absolute atomic E-state index is 0.0437. The van der Waals surface area contributed by atoms with Gasteiger partial charge in [0.05, 0.1) is 38.1 Å². The summed E-state index contributed by atoms with van der Waals surface area (Å²) in [6.07, 6.45) is 1.36. The quantitative estimate of drug-likeness (QED) is 0.449. The van der Waals surface area contributed by atoms with Crippen LogP contribution in [0.2, 0.25) is 0 Å². The number of ether oxygens (including phenoxy) is 3. The lowest BCUT2D eigenvalue weighted by Gasteiger charge is -2.34. The Kier molecular flexibility index (Phi) is 7.85. The molecule has 0 aliphatic carbocycles. The largest absolute Gasteiger partial charge is 0.469 e. The highest BCUT2D eigenvalue weighted by molar-refractivity contribution is 6.03. The minimum Gasteiger partial charge on any atom is -0.469 e. The van der Waals surface area contributed by atoms with Gasteiger partial charge in [0.15, 0.2) is 5.82 Å². The summed E-state index contributed by atoms with van der Waals surface area (Å²) in [6.45, 7) is 8.74. The van der Waals surface area contributed by atoms with Gasteiger partial charge in [0.1, 0.15) is 17.4 Å². The number of hydrogen-bond donors (Lipinski definition) is 2. The molecule has 0 spiro atoms. The van der Waals surface area contributed by atoms with Crippen LogP contribution < -0.4 is 20.3 Å². The van der Waals surface area contributed by atoms with Gasteiger partial charge < -0.3 is 33.9 Å². The van der Waals surface area contributed by atoms with Crippen LogP contribution in [0, 0.1) is 0 Å². The molecule has 1 atom stereocenters. The van der Waals surface area contributed by atoms with Gasteiger partial charge in [-0.1, -0.05) is 17.3 Å². The molecule has 5 rings (SSSR count). The molecule has 3 amide bonds. The van der Waals surface area contributed by atoms with Crippen LogP contribution in [-0.2, 0) is 9.47 Å². The number of amides is 3. The number of benzene rings is 1. The van der Waals surface area contributed by atoms with Gasteiger partial charge in [-0.05, 0) is 32.9 Å². The van der Waals surface area contributed by atoms with Crippen LogP contribution in [0.3, 0.4) is 0 Å². The Bertz CT molecular complexity index is 1350. The Morgan fingerprint density at radius 3 is 2.67 bits per heavy atom. The zero-order valence-corrected chi connectivity index (χ0v) is 23.0. The van der Waals surface area contributed by atoms with Crippen LogP contribution in [0.25, 0.3) is 11.3 Å². The fourth-order valence-electron chi connectivity index (χ4n) is 4.69. The molecule has 2 aromatic heterocycles. The van der Waals surface area contributed by atoms with Crippen LogP contribution in [0.1, 0.15) is 31.1 Å². The second-order valence-electron chi connectivity index (χ2n) is 10.3. The van der Waals surface area contributed by atoms with E-state index in [4.69, 9.17) is 28.7 Å². The second kappa shape index (κ2) is 11.5. The number of morpholine rings is 1. The fraction of sp³-hybridized carbons (Fsp3) is 0.444. The molecular weight excluding hydrogens is 518 g/mol. The maximum atomic E-state index is 13.9. The predicted octanol–water partition coefficient (Wildman–Crippen LogP) is 3.26. The highest BCUT2D eigenvalue weighted by atomic mass is 16.5. The predicted molar refractivity (Wildman–Crippen MR) is 147 cm³/mol. The number of hydrogen-bond acceptors (Lipinski definition) is 10. The Hall–Kier alpha value is -4.23. The maximum Gasteiger partial charge on any atom is 0.324 e. The molecule has 1 aromatic carbocycles. The van der Waals surface area contributed by atoms with Gasteiger partial charge >= 0.3 is 6.03 Å². The third-order valence-corrected chi connectivity index (χ3v) is 6.60. The number of anilines is 3. The molecule has 1 fully saturated rings. The van der Waals surface area contributed by atoms with E-state index in [-0.39, 0.29) is 23.4 Å². The van der Waals surface area contributed by atoms with Crippen molar-refractivity contribution < 1.29 is 28.3 Å². The molecule has 2 aliphatic rings. The van der Waals surface area contributed by atoms with Crippen LogP contribution in [0.5, 0.6) is 5.88 Å². The van der Waals surface area contributed by atoms with E-state index in [2.05, 4.69) is 20.7 Å². The summed E-state index contributed by atoms with van der Waals surface area (Å²) in [6, 6.07) is 8.17. The third-order valence-electron chi connectivity index (χ3n) is 6.60. The van der Waals surface area contributed by atoms with Crippen LogP contribution in [-0.4, -0.2) is 90.2 Å². The van der Waals surface area contributed by atoms with Crippen molar-refractivity contribution in [1.82, 2.24) is 20.0 Å². The van der Waals surface area contributed by atoms with Crippen molar-refractivity contribution in [1.29, 1.82) is 0 Å². The normalized spacial score (nSPS) is 18.5. The van der Waals surface area contributed by atoms with E-state index in [1.54, 1.807) is 36.3 Å². The molecule has 3 aromatic rings. The smallest absolute Gasteiger partial charge is 0.324 e. The lowest BCUT2D eigenvalue weighted by molar-refractivity contribution is 0.0448. The SMILES string of the molecule is COCCN1CC(C)(C)Oc2nc(N3CCOC[C@@H]3C)nc(-c3ccc(NC(=O)Nc4ccon4)cc3)c2C1=O. The Morgan fingerprint density at radius 2 is 1.98 bits per heavy atom. The molecule has 13 nitrogen and oxygen atoms in total. The topological polar surface area (TPSA) is 144 Å². The molecule has 13 heteroatoms. The summed E-state index contributed by atoms with van der Waals surface area (Å²) in [5.41, 5.74) is 1.25. The number of fused-ring (bicyclic) bond motifs is 1. The summed E-state index contributed by atoms with van der Waals surface area (Å²) >= 11 is 0. The van der Waals surface area contributed by atoms with Gasteiger partial charge in [0.25, 0.3) is 5.91 Å². The Balaban J connectivity index is 1.53. The summed E-state index contributed by atoms with van der Waals surface area (Å²) < 4.78 is 22.0. The molecular formula is C27H33N7O6. The molecule has 0 unspecified atom stereocenters. The third kappa shape index (κ3) is 6.00. The molecule has 2 aliphatic heterocycles. The van der Waals surface area contributed by atoms with Crippen molar-refractivity contribution in [2.45, 2.75) is 32.4 Å². The highest BCUT2D eigenvalue weighted by Crippen LogP contribution is 2.36. The molecule has 0 radical (unpaired) electrons. The number of carbonyl (C=O) groups excluding carboxylic acids is 2. The van der Waals surface area contributed by atoms with Crippen LogP contribution in [0.15, 0.2) is 41.1 Å². The Morgan fingerprint density at radius 1 is 1.18 bits per heavy atom. The zero-order chi connectivity index (χ0) is 28.3. The number of aromatic nitrogens is 3. The first-order chi connectivity index (χ1) is 19.2. The van der Waals surface area contributed by atoms with E-state index in [0.717, 1.165) is 0 Å². The highest BCUT2D eigenvalue weighted by Gasteiger charge is 2.38. The van der Waals surface area contributed by atoms with Crippen LogP contribution in [0.4, 0.5) is 22.2 Å². The average molecular weight is 552 g/mol. The number of urea groups is 1. The van der Waals surface area contributed by atoms with Crippen LogP contribution >= 0.6 is 0 Å². The number of nitrogens with one attached hydrogen (secondary N) is 2. The molecule has 0 bridgehead atoms. The molecule has 1 saturated heterocycles. The van der Waals surface area contributed by atoms with E-state index >= 15 is 0 Å². The van der Waals surface area contributed by atoms with Crippen molar-refractivity contribution >= 4 is 29.4 Å². The van der Waals surface area contributed by atoms with Gasteiger partial charge in [0.2, 0.25) is 11.8 Å². The number of carbonyl (C=O) groups is 2. The van der Waals surface area contributed by atoms with Crippen molar-refractivity contribution in [3.63, 3.8) is 0 Å². The first kappa shape index (κ1) is 27.3. The lowest BCUT2D eigenvalue weighted by atomic mass is 10.0. The maximum absolute atomic E-state index is 13.9. The average Bonchev–Trinajstić information content (AvgIpc) is 3.40. The summed E-state index contributed by atoms with van der Waals surface area (Å²) in [4.78, 5) is 39.7. The Labute approximate surface area is 231 Å². The van der Waals surface area contributed by atoms with E-state index in [0.29, 0.717) is 68.2 Å². The fourth-order valence-corrected chi connectivity index (χ4v) is 4.69. The van der Waals surface area contributed by atoms with E-state index in [1.165, 1.54) is 12.3 Å². The number of rotatable bonds is 7. The van der Waals surface area contributed by atoms with Gasteiger partial charge in [-0.15, -0.1) is 0 Å². The van der Waals surface area contributed by atoms with Gasteiger partial charge in [0, 0.05) is 37.5 Å². The zero-order valence-electron chi connectivity index (χ0n) is 23.0. The minimum atomic E-state index is -0.695. The van der Waals surface area contributed by atoms with Crippen molar-refractivity contribution in [2.24, 2.45) is 0 Å². The van der Waals surface area contributed by atoms with E-state index < -0.39 is 11.6 Å². The van der Waals surface area contributed by atoms with Gasteiger partial charge in [-0.3, -0.25) is 10.1 Å². The van der Waals surface area contributed by atoms with Crippen molar-refractivity contribution in [3.05, 3.63) is 42.2 Å². The van der Waals surface area contributed by atoms with E-state index in [1.807, 2.05) is 20.8 Å². The molecule has 2 N–H and O–H groups in total. The number of methoxy groups -OCH3 is 1. The summed E-state index contributed by atoms with van der Waals surface area (Å²) in [7, 11) is 1.60. The molecule has 212 valence electrons. The monoisotopic (exact) mass is 551 g/mol. The second-order valence-corrected chi connectivity index (χ2v) is 10.3.